The Morgan fingerprint density at radius 1 is 1.41 bits per heavy atom. The number of rotatable bonds is 3. The van der Waals surface area contributed by atoms with E-state index in [1.165, 1.54) is 6.07 Å². The first kappa shape index (κ1) is 11.6. The summed E-state index contributed by atoms with van der Waals surface area (Å²) in [5, 5.41) is 0. The van der Waals surface area contributed by atoms with Crippen LogP contribution in [0.4, 0.5) is 4.39 Å². The molecule has 6 heteroatoms. The van der Waals surface area contributed by atoms with Gasteiger partial charge in [0.2, 0.25) is 0 Å². The summed E-state index contributed by atoms with van der Waals surface area (Å²) in [6.45, 7) is 1.78. The Hall–Kier alpha value is -1.92. The van der Waals surface area contributed by atoms with Crippen molar-refractivity contribution in [1.82, 2.24) is 20.4 Å². The Morgan fingerprint density at radius 3 is 2.88 bits per heavy atom. The molecule has 5 nitrogen and oxygen atoms in total. The molecular weight excluding hydrogens is 221 g/mol. The van der Waals surface area contributed by atoms with Crippen molar-refractivity contribution in [1.29, 1.82) is 0 Å². The SMILES string of the molecule is Cc1nccc(C(NN)c2cncc(F)c2)n1. The van der Waals surface area contributed by atoms with Gasteiger partial charge < -0.3 is 0 Å². The molecule has 2 aromatic rings. The van der Waals surface area contributed by atoms with Gasteiger partial charge in [-0.1, -0.05) is 0 Å². The molecular formula is C11H12FN5. The van der Waals surface area contributed by atoms with Crippen LogP contribution in [0, 0.1) is 12.7 Å². The van der Waals surface area contributed by atoms with Crippen LogP contribution in [0.25, 0.3) is 0 Å². The summed E-state index contributed by atoms with van der Waals surface area (Å²) < 4.78 is 13.1. The molecule has 0 bridgehead atoms. The normalized spacial score (nSPS) is 12.4. The number of aryl methyl sites for hydroxylation is 1. The van der Waals surface area contributed by atoms with Crippen LogP contribution < -0.4 is 11.3 Å². The quantitative estimate of drug-likeness (QED) is 0.607. The summed E-state index contributed by atoms with van der Waals surface area (Å²) in [4.78, 5) is 12.0. The fraction of sp³-hybridized carbons (Fsp3) is 0.182. The van der Waals surface area contributed by atoms with Crippen LogP contribution >= 0.6 is 0 Å². The average molecular weight is 233 g/mol. The van der Waals surface area contributed by atoms with Gasteiger partial charge in [-0.3, -0.25) is 10.8 Å². The molecule has 2 heterocycles. The van der Waals surface area contributed by atoms with E-state index in [2.05, 4.69) is 20.4 Å². The smallest absolute Gasteiger partial charge is 0.141 e. The number of pyridine rings is 1. The largest absolute Gasteiger partial charge is 0.271 e. The van der Waals surface area contributed by atoms with Crippen molar-refractivity contribution in [3.63, 3.8) is 0 Å². The maximum Gasteiger partial charge on any atom is 0.141 e. The van der Waals surface area contributed by atoms with Gasteiger partial charge in [0.05, 0.1) is 17.9 Å². The van der Waals surface area contributed by atoms with Gasteiger partial charge in [0.1, 0.15) is 11.6 Å². The van der Waals surface area contributed by atoms with E-state index in [4.69, 9.17) is 5.84 Å². The minimum Gasteiger partial charge on any atom is -0.271 e. The van der Waals surface area contributed by atoms with Crippen molar-refractivity contribution >= 4 is 0 Å². The number of nitrogens with zero attached hydrogens (tertiary/aromatic N) is 3. The number of hydrogen-bond donors (Lipinski definition) is 2. The number of halogens is 1. The molecule has 17 heavy (non-hydrogen) atoms. The Bertz CT molecular complexity index is 471. The zero-order valence-electron chi connectivity index (χ0n) is 9.26. The van der Waals surface area contributed by atoms with E-state index >= 15 is 0 Å². The maximum atomic E-state index is 13.1. The third-order valence-corrected chi connectivity index (χ3v) is 2.32. The summed E-state index contributed by atoms with van der Waals surface area (Å²) in [5.41, 5.74) is 3.88. The van der Waals surface area contributed by atoms with Gasteiger partial charge in [0, 0.05) is 12.4 Å². The van der Waals surface area contributed by atoms with Crippen LogP contribution in [-0.2, 0) is 0 Å². The van der Waals surface area contributed by atoms with Crippen molar-refractivity contribution in [3.05, 3.63) is 53.6 Å². The number of nitrogens with two attached hydrogens (primary N) is 1. The summed E-state index contributed by atoms with van der Waals surface area (Å²) in [6.07, 6.45) is 4.32. The fourth-order valence-corrected chi connectivity index (χ4v) is 1.57. The Morgan fingerprint density at radius 2 is 2.24 bits per heavy atom. The molecule has 88 valence electrons. The lowest BCUT2D eigenvalue weighted by molar-refractivity contribution is 0.589. The van der Waals surface area contributed by atoms with E-state index in [-0.39, 0.29) is 0 Å². The van der Waals surface area contributed by atoms with Crippen LogP contribution in [0.3, 0.4) is 0 Å². The van der Waals surface area contributed by atoms with Gasteiger partial charge in [-0.15, -0.1) is 0 Å². The first-order valence-electron chi connectivity index (χ1n) is 5.07. The molecule has 0 saturated carbocycles. The molecule has 0 aromatic carbocycles. The molecule has 0 spiro atoms. The third-order valence-electron chi connectivity index (χ3n) is 2.32. The van der Waals surface area contributed by atoms with E-state index < -0.39 is 11.9 Å². The van der Waals surface area contributed by atoms with Gasteiger partial charge >= 0.3 is 0 Å². The molecule has 1 atom stereocenters. The zero-order valence-corrected chi connectivity index (χ0v) is 9.26. The highest BCUT2D eigenvalue weighted by molar-refractivity contribution is 5.24. The lowest BCUT2D eigenvalue weighted by atomic mass is 10.1. The van der Waals surface area contributed by atoms with Crippen molar-refractivity contribution in [3.8, 4) is 0 Å². The second-order valence-electron chi connectivity index (χ2n) is 3.56. The molecule has 2 aromatic heterocycles. The number of aromatic nitrogens is 3. The summed E-state index contributed by atoms with van der Waals surface area (Å²) >= 11 is 0. The summed E-state index contributed by atoms with van der Waals surface area (Å²) in [6, 6.07) is 2.69. The van der Waals surface area contributed by atoms with Crippen molar-refractivity contribution in [2.75, 3.05) is 0 Å². The van der Waals surface area contributed by atoms with E-state index in [1.807, 2.05) is 0 Å². The number of hydrazine groups is 1. The fourth-order valence-electron chi connectivity index (χ4n) is 1.57. The van der Waals surface area contributed by atoms with Gasteiger partial charge in [0.15, 0.2) is 0 Å². The van der Waals surface area contributed by atoms with Gasteiger partial charge in [-0.25, -0.2) is 19.8 Å². The second kappa shape index (κ2) is 4.94. The zero-order chi connectivity index (χ0) is 12.3. The molecule has 0 radical (unpaired) electrons. The highest BCUT2D eigenvalue weighted by Gasteiger charge is 2.15. The lowest BCUT2D eigenvalue weighted by Gasteiger charge is -2.15. The minimum absolute atomic E-state index is 0.403. The molecule has 1 unspecified atom stereocenters. The molecule has 0 aliphatic rings. The second-order valence-corrected chi connectivity index (χ2v) is 3.56. The van der Waals surface area contributed by atoms with Crippen LogP contribution in [0.1, 0.15) is 23.1 Å². The first-order valence-corrected chi connectivity index (χ1v) is 5.07. The monoisotopic (exact) mass is 233 g/mol. The Kier molecular flexibility index (Phi) is 3.36. The molecule has 2 rings (SSSR count). The van der Waals surface area contributed by atoms with E-state index in [0.29, 0.717) is 17.1 Å². The topological polar surface area (TPSA) is 76.7 Å². The van der Waals surface area contributed by atoms with Crippen LogP contribution in [0.5, 0.6) is 0 Å². The highest BCUT2D eigenvalue weighted by atomic mass is 19.1. The first-order chi connectivity index (χ1) is 8.20. The number of nitrogens with one attached hydrogen (secondary N) is 1. The van der Waals surface area contributed by atoms with Crippen molar-refractivity contribution in [2.24, 2.45) is 5.84 Å². The van der Waals surface area contributed by atoms with Crippen LogP contribution in [0.2, 0.25) is 0 Å². The van der Waals surface area contributed by atoms with Gasteiger partial charge in [-0.2, -0.15) is 0 Å². The molecule has 0 saturated heterocycles. The van der Waals surface area contributed by atoms with Gasteiger partial charge in [0.25, 0.3) is 0 Å². The Balaban J connectivity index is 2.40. The summed E-state index contributed by atoms with van der Waals surface area (Å²) in [5.74, 6) is 5.70. The Labute approximate surface area is 97.9 Å². The average Bonchev–Trinajstić information content (AvgIpc) is 2.30. The molecule has 3 N–H and O–H groups in total. The lowest BCUT2D eigenvalue weighted by Crippen LogP contribution is -2.29. The number of hydrogen-bond acceptors (Lipinski definition) is 5. The minimum atomic E-state index is -0.409. The van der Waals surface area contributed by atoms with E-state index in [0.717, 1.165) is 6.20 Å². The molecule has 0 fully saturated rings. The van der Waals surface area contributed by atoms with Crippen molar-refractivity contribution < 1.29 is 4.39 Å². The maximum absolute atomic E-state index is 13.1. The van der Waals surface area contributed by atoms with E-state index in [9.17, 15) is 4.39 Å². The van der Waals surface area contributed by atoms with Crippen LogP contribution in [0.15, 0.2) is 30.7 Å². The van der Waals surface area contributed by atoms with E-state index in [1.54, 1.807) is 25.4 Å². The van der Waals surface area contributed by atoms with Crippen molar-refractivity contribution in [2.45, 2.75) is 13.0 Å². The molecule has 0 amide bonds. The highest BCUT2D eigenvalue weighted by Crippen LogP contribution is 2.18. The molecule has 0 aliphatic carbocycles. The van der Waals surface area contributed by atoms with Crippen LogP contribution in [-0.4, -0.2) is 15.0 Å². The predicted octanol–water partition coefficient (Wildman–Crippen LogP) is 0.872. The molecule has 0 aliphatic heterocycles. The standard InChI is InChI=1S/C11H12FN5/c1-7-15-3-2-10(16-7)11(17-13)8-4-9(12)6-14-5-8/h2-6,11,17H,13H2,1H3. The van der Waals surface area contributed by atoms with Gasteiger partial charge in [-0.05, 0) is 24.6 Å². The summed E-state index contributed by atoms with van der Waals surface area (Å²) in [7, 11) is 0. The third kappa shape index (κ3) is 2.61. The predicted molar refractivity (Wildman–Crippen MR) is 60.1 cm³/mol.